The van der Waals surface area contributed by atoms with Crippen molar-refractivity contribution in [1.29, 1.82) is 0 Å². The Morgan fingerprint density at radius 1 is 1.08 bits per heavy atom. The maximum Gasteiger partial charge on any atom is 0.268 e. The van der Waals surface area contributed by atoms with Crippen LogP contribution in [0.4, 0.5) is 0 Å². The molecule has 2 aromatic rings. The van der Waals surface area contributed by atoms with Gasteiger partial charge in [0, 0.05) is 29.0 Å². The highest BCUT2D eigenvalue weighted by atomic mass is 16.5. The summed E-state index contributed by atoms with van der Waals surface area (Å²) in [7, 11) is 1.65. The Kier molecular flexibility index (Phi) is 4.66. The average molecular weight is 341 g/mol. The summed E-state index contributed by atoms with van der Waals surface area (Å²) in [6.07, 6.45) is 8.81. The molecule has 1 aromatic carbocycles. The Labute approximate surface area is 148 Å². The maximum atomic E-state index is 12.6. The molecule has 2 saturated carbocycles. The molecule has 1 heterocycles. The van der Waals surface area contributed by atoms with Crippen LogP contribution in [0, 0.1) is 0 Å². The molecule has 4 rings (SSSR count). The molecule has 2 fully saturated rings. The van der Waals surface area contributed by atoms with Crippen LogP contribution in [0.5, 0.6) is 5.75 Å². The minimum Gasteiger partial charge on any atom is -0.497 e. The van der Waals surface area contributed by atoms with Crippen molar-refractivity contribution in [2.45, 2.75) is 63.1 Å². The summed E-state index contributed by atoms with van der Waals surface area (Å²) in [6.45, 7) is 0. The molecule has 1 aromatic heterocycles. The number of H-pyrrole nitrogens is 1. The molecule has 5 nitrogen and oxygen atoms in total. The first-order valence-electron chi connectivity index (χ1n) is 9.46. The molecule has 134 valence electrons. The predicted molar refractivity (Wildman–Crippen MR) is 99.1 cm³/mol. The minimum absolute atomic E-state index is 0.0182. The normalized spacial score (nSPS) is 24.0. The Bertz CT molecular complexity index is 748. The van der Waals surface area contributed by atoms with E-state index >= 15 is 0 Å². The molecule has 0 saturated heterocycles. The third-order valence-electron chi connectivity index (χ3n) is 5.72. The highest BCUT2D eigenvalue weighted by molar-refractivity contribution is 5.98. The van der Waals surface area contributed by atoms with E-state index in [1.54, 1.807) is 7.11 Å². The standard InChI is InChI=1S/C20H27N3O2/c1-25-15-7-8-16-13(11-15)12-19(22-16)20(24)23-18-10-9-17(18)21-14-5-3-2-4-6-14/h7-8,11-12,14,17-18,21-22H,2-6,9-10H2,1H3,(H,23,24)/t17-,18+/m1/s1. The van der Waals surface area contributed by atoms with Crippen LogP contribution in [0.25, 0.3) is 10.9 Å². The largest absolute Gasteiger partial charge is 0.497 e. The Balaban J connectivity index is 1.38. The van der Waals surface area contributed by atoms with Crippen LogP contribution in [-0.4, -0.2) is 36.1 Å². The zero-order chi connectivity index (χ0) is 17.2. The monoisotopic (exact) mass is 341 g/mol. The zero-order valence-corrected chi connectivity index (χ0v) is 14.8. The van der Waals surface area contributed by atoms with Gasteiger partial charge in [-0.15, -0.1) is 0 Å². The molecule has 2 aliphatic carbocycles. The molecular formula is C20H27N3O2. The van der Waals surface area contributed by atoms with Crippen molar-refractivity contribution in [1.82, 2.24) is 15.6 Å². The molecule has 0 unspecified atom stereocenters. The molecule has 0 aliphatic heterocycles. The summed E-state index contributed by atoms with van der Waals surface area (Å²) >= 11 is 0. The van der Waals surface area contributed by atoms with Crippen LogP contribution in [-0.2, 0) is 0 Å². The lowest BCUT2D eigenvalue weighted by atomic mass is 9.84. The maximum absolute atomic E-state index is 12.6. The van der Waals surface area contributed by atoms with E-state index in [1.807, 2.05) is 24.3 Å². The number of nitrogens with one attached hydrogen (secondary N) is 3. The molecule has 0 bridgehead atoms. The molecular weight excluding hydrogens is 314 g/mol. The van der Waals surface area contributed by atoms with E-state index in [0.717, 1.165) is 29.5 Å². The van der Waals surface area contributed by atoms with Crippen LogP contribution in [0.15, 0.2) is 24.3 Å². The Hall–Kier alpha value is -2.01. The Morgan fingerprint density at radius 3 is 2.60 bits per heavy atom. The number of methoxy groups -OCH3 is 1. The van der Waals surface area contributed by atoms with Crippen molar-refractivity contribution < 1.29 is 9.53 Å². The van der Waals surface area contributed by atoms with Gasteiger partial charge < -0.3 is 20.4 Å². The predicted octanol–water partition coefficient (Wildman–Crippen LogP) is 3.36. The number of hydrogen-bond donors (Lipinski definition) is 3. The van der Waals surface area contributed by atoms with Crippen LogP contribution in [0.3, 0.4) is 0 Å². The third kappa shape index (κ3) is 3.52. The second-order valence-electron chi connectivity index (χ2n) is 7.40. The van der Waals surface area contributed by atoms with Gasteiger partial charge in [-0.2, -0.15) is 0 Å². The number of aromatic amines is 1. The molecule has 25 heavy (non-hydrogen) atoms. The molecule has 3 N–H and O–H groups in total. The van der Waals surface area contributed by atoms with Crippen LogP contribution < -0.4 is 15.4 Å². The molecule has 2 aliphatic rings. The number of benzene rings is 1. The lowest BCUT2D eigenvalue weighted by Crippen LogP contribution is -2.59. The molecule has 1 amide bonds. The number of aromatic nitrogens is 1. The van der Waals surface area contributed by atoms with E-state index in [1.165, 1.54) is 32.1 Å². The smallest absolute Gasteiger partial charge is 0.268 e. The number of hydrogen-bond acceptors (Lipinski definition) is 3. The first-order chi connectivity index (χ1) is 12.2. The number of ether oxygens (including phenoxy) is 1. The lowest BCUT2D eigenvalue weighted by molar-refractivity contribution is 0.0881. The SMILES string of the molecule is COc1ccc2[nH]c(C(=O)N[C@H]3CC[C@H]3NC3CCCCC3)cc2c1. The fourth-order valence-electron chi connectivity index (χ4n) is 4.05. The summed E-state index contributed by atoms with van der Waals surface area (Å²) in [6, 6.07) is 9.00. The first kappa shape index (κ1) is 16.5. The number of fused-ring (bicyclic) bond motifs is 1. The van der Waals surface area contributed by atoms with Gasteiger partial charge in [0.25, 0.3) is 5.91 Å². The van der Waals surface area contributed by atoms with Gasteiger partial charge in [-0.05, 0) is 49.9 Å². The van der Waals surface area contributed by atoms with Crippen molar-refractivity contribution >= 4 is 16.8 Å². The third-order valence-corrected chi connectivity index (χ3v) is 5.72. The highest BCUT2D eigenvalue weighted by Gasteiger charge is 2.34. The summed E-state index contributed by atoms with van der Waals surface area (Å²) in [5.74, 6) is 0.782. The molecule has 5 heteroatoms. The lowest BCUT2D eigenvalue weighted by Gasteiger charge is -2.41. The van der Waals surface area contributed by atoms with Gasteiger partial charge in [0.1, 0.15) is 11.4 Å². The van der Waals surface area contributed by atoms with Crippen molar-refractivity contribution in [3.05, 3.63) is 30.0 Å². The fraction of sp³-hybridized carbons (Fsp3) is 0.550. The van der Waals surface area contributed by atoms with Gasteiger partial charge in [0.15, 0.2) is 0 Å². The van der Waals surface area contributed by atoms with E-state index in [2.05, 4.69) is 15.6 Å². The second kappa shape index (κ2) is 7.08. The van der Waals surface area contributed by atoms with E-state index in [-0.39, 0.29) is 11.9 Å². The number of carbonyl (C=O) groups is 1. The average Bonchev–Trinajstić information content (AvgIpc) is 3.07. The van der Waals surface area contributed by atoms with Crippen molar-refractivity contribution in [2.24, 2.45) is 0 Å². The second-order valence-corrected chi connectivity index (χ2v) is 7.40. The van der Waals surface area contributed by atoms with Crippen molar-refractivity contribution in [3.8, 4) is 5.75 Å². The summed E-state index contributed by atoms with van der Waals surface area (Å²) in [5.41, 5.74) is 1.57. The quantitative estimate of drug-likeness (QED) is 0.781. The van der Waals surface area contributed by atoms with E-state index < -0.39 is 0 Å². The Morgan fingerprint density at radius 2 is 1.88 bits per heavy atom. The van der Waals surface area contributed by atoms with Crippen molar-refractivity contribution in [3.63, 3.8) is 0 Å². The summed E-state index contributed by atoms with van der Waals surface area (Å²) in [5, 5.41) is 7.96. The van der Waals surface area contributed by atoms with Gasteiger partial charge in [0.05, 0.1) is 7.11 Å². The fourth-order valence-corrected chi connectivity index (χ4v) is 4.05. The number of carbonyl (C=O) groups excluding carboxylic acids is 1. The van der Waals surface area contributed by atoms with Gasteiger partial charge in [0.2, 0.25) is 0 Å². The van der Waals surface area contributed by atoms with Crippen LogP contribution >= 0.6 is 0 Å². The van der Waals surface area contributed by atoms with E-state index in [4.69, 9.17) is 4.74 Å². The minimum atomic E-state index is -0.0182. The van der Waals surface area contributed by atoms with Crippen molar-refractivity contribution in [2.75, 3.05) is 7.11 Å². The first-order valence-corrected chi connectivity index (χ1v) is 9.46. The summed E-state index contributed by atoms with van der Waals surface area (Å²) < 4.78 is 5.25. The van der Waals surface area contributed by atoms with Gasteiger partial charge in [-0.1, -0.05) is 19.3 Å². The number of amides is 1. The zero-order valence-electron chi connectivity index (χ0n) is 14.8. The van der Waals surface area contributed by atoms with Gasteiger partial charge in [-0.25, -0.2) is 0 Å². The van der Waals surface area contributed by atoms with Crippen LogP contribution in [0.1, 0.15) is 55.4 Å². The van der Waals surface area contributed by atoms with Crippen LogP contribution in [0.2, 0.25) is 0 Å². The molecule has 0 spiro atoms. The molecule has 0 radical (unpaired) electrons. The van der Waals surface area contributed by atoms with Gasteiger partial charge in [-0.3, -0.25) is 4.79 Å². The number of rotatable bonds is 5. The van der Waals surface area contributed by atoms with E-state index in [0.29, 0.717) is 17.8 Å². The summed E-state index contributed by atoms with van der Waals surface area (Å²) in [4.78, 5) is 15.8. The molecule has 2 atom stereocenters. The topological polar surface area (TPSA) is 66.2 Å². The van der Waals surface area contributed by atoms with Gasteiger partial charge >= 0.3 is 0 Å². The van der Waals surface area contributed by atoms with E-state index in [9.17, 15) is 4.79 Å². The highest BCUT2D eigenvalue weighted by Crippen LogP contribution is 2.26.